The van der Waals surface area contributed by atoms with Crippen molar-refractivity contribution in [3.63, 3.8) is 0 Å². The van der Waals surface area contributed by atoms with Crippen molar-refractivity contribution in [1.82, 2.24) is 18.3 Å². The van der Waals surface area contributed by atoms with E-state index >= 15 is 0 Å². The van der Waals surface area contributed by atoms with Crippen LogP contribution in [0, 0.1) is 7.78 Å². The van der Waals surface area contributed by atoms with E-state index in [1.165, 1.54) is 7.78 Å². The van der Waals surface area contributed by atoms with Crippen LogP contribution in [0.1, 0.15) is 79.6 Å². The van der Waals surface area contributed by atoms with E-state index in [1.807, 2.05) is 0 Å². The Hall–Kier alpha value is -0.918. The van der Waals surface area contributed by atoms with E-state index in [9.17, 15) is 0 Å². The van der Waals surface area contributed by atoms with Gasteiger partial charge in [0.15, 0.2) is 0 Å². The summed E-state index contributed by atoms with van der Waals surface area (Å²) in [5.74, 6) is 0. The van der Waals surface area contributed by atoms with Crippen LogP contribution in [0.3, 0.4) is 0 Å². The summed E-state index contributed by atoms with van der Waals surface area (Å²) in [6, 6.07) is 1.94. The zero-order chi connectivity index (χ0) is 17.3. The molecular weight excluding hydrogens is 379 g/mol. The van der Waals surface area contributed by atoms with Gasteiger partial charge in [0.1, 0.15) is 0 Å². The normalized spacial score (nSPS) is 12.5. The molecule has 0 spiro atoms. The van der Waals surface area contributed by atoms with Gasteiger partial charge < -0.3 is 0 Å². The van der Waals surface area contributed by atoms with E-state index in [0.717, 1.165) is 0 Å². The Kier molecular flexibility index (Phi) is 5.86. The van der Waals surface area contributed by atoms with Crippen LogP contribution in [0.15, 0.2) is 24.8 Å². The van der Waals surface area contributed by atoms with Crippen molar-refractivity contribution in [3.05, 3.63) is 32.6 Å². The molecule has 0 saturated heterocycles. The predicted octanol–water partition coefficient (Wildman–Crippen LogP) is 5.06. The van der Waals surface area contributed by atoms with E-state index in [4.69, 9.17) is 0 Å². The van der Waals surface area contributed by atoms with Gasteiger partial charge in [-0.05, 0) is 0 Å². The van der Waals surface area contributed by atoms with Gasteiger partial charge in [-0.1, -0.05) is 0 Å². The van der Waals surface area contributed by atoms with Crippen LogP contribution in [-0.4, -0.2) is 18.3 Å². The summed E-state index contributed by atoms with van der Waals surface area (Å²) in [5, 5.41) is 0. The Bertz CT molecular complexity index is 668. The predicted molar refractivity (Wildman–Crippen MR) is 92.9 cm³/mol. The number of rotatable bonds is 4. The van der Waals surface area contributed by atoms with Gasteiger partial charge >= 0.3 is 147 Å². The van der Waals surface area contributed by atoms with Crippen LogP contribution in [0.5, 0.6) is 0 Å². The zero-order valence-corrected chi connectivity index (χ0v) is 17.3. The summed E-state index contributed by atoms with van der Waals surface area (Å²) in [6.07, 6.45) is 8.95. The van der Waals surface area contributed by atoms with E-state index in [2.05, 4.69) is 98.4 Å². The van der Waals surface area contributed by atoms with Crippen molar-refractivity contribution in [2.24, 2.45) is 0 Å². The molecule has 0 amide bonds. The van der Waals surface area contributed by atoms with Crippen molar-refractivity contribution in [2.75, 3.05) is 0 Å². The number of imidazole rings is 2. The molecule has 4 nitrogen and oxygen atoms in total. The minimum atomic E-state index is 0.398. The van der Waals surface area contributed by atoms with Crippen molar-refractivity contribution >= 4 is 0 Å². The van der Waals surface area contributed by atoms with Gasteiger partial charge in [0.25, 0.3) is 0 Å². The monoisotopic (exact) mass is 410 g/mol. The summed E-state index contributed by atoms with van der Waals surface area (Å²) < 4.78 is 12.6. The summed E-state index contributed by atoms with van der Waals surface area (Å²) >= 11 is 0.398. The SMILES string of the molecule is CC(C)n1ccn(C(C)C)[c]1=[Pd]=[c]1n(C(C)C)ccn1C(C)C. The Balaban J connectivity index is 3.02. The Labute approximate surface area is 147 Å². The molecule has 0 aromatic carbocycles. The van der Waals surface area contributed by atoms with Crippen LogP contribution in [-0.2, 0) is 17.1 Å². The first-order chi connectivity index (χ1) is 10.7. The summed E-state index contributed by atoms with van der Waals surface area (Å²) in [5.41, 5.74) is 0. The topological polar surface area (TPSA) is 19.7 Å². The van der Waals surface area contributed by atoms with Gasteiger partial charge in [-0.15, -0.1) is 0 Å². The number of hydrogen-bond donors (Lipinski definition) is 0. The average molecular weight is 411 g/mol. The molecule has 2 aromatic rings. The maximum atomic E-state index is 2.43. The quantitative estimate of drug-likeness (QED) is 0.627. The molecule has 2 rings (SSSR count). The minimum absolute atomic E-state index is 0.398. The van der Waals surface area contributed by atoms with Crippen LogP contribution in [0.2, 0.25) is 0 Å². The fourth-order valence-electron chi connectivity index (χ4n) is 2.49. The Morgan fingerprint density at radius 1 is 0.522 bits per heavy atom. The molecule has 0 atom stereocenters. The zero-order valence-electron chi connectivity index (χ0n) is 15.7. The number of aromatic nitrogens is 4. The van der Waals surface area contributed by atoms with Crippen molar-refractivity contribution in [1.29, 1.82) is 0 Å². The van der Waals surface area contributed by atoms with Crippen molar-refractivity contribution < 1.29 is 17.1 Å². The standard InChI is InChI=1S/2C9H16N2.Pd/c2*1-8(2)10-5-6-11(7-10)9(3)4;/h2*5-6,8-9H,1-4H3;. The molecule has 0 unspecified atom stereocenters. The molecule has 0 saturated carbocycles. The van der Waals surface area contributed by atoms with Gasteiger partial charge in [-0.3, -0.25) is 0 Å². The first-order valence-corrected chi connectivity index (χ1v) is 10.1. The van der Waals surface area contributed by atoms with E-state index in [0.29, 0.717) is 41.2 Å². The molecule has 0 fully saturated rings. The summed E-state index contributed by atoms with van der Waals surface area (Å²) in [4.78, 5) is 0. The molecule has 2 aromatic heterocycles. The molecule has 0 aliphatic carbocycles. The second kappa shape index (κ2) is 7.32. The molecule has 0 aliphatic rings. The number of nitrogens with zero attached hydrogens (tertiary/aromatic N) is 4. The second-order valence-electron chi connectivity index (χ2n) is 7.16. The number of hydrogen-bond acceptors (Lipinski definition) is 0. The molecule has 0 aliphatic heterocycles. The third kappa shape index (κ3) is 3.78. The molecule has 5 heteroatoms. The van der Waals surface area contributed by atoms with Gasteiger partial charge in [0.2, 0.25) is 0 Å². The van der Waals surface area contributed by atoms with Crippen LogP contribution >= 0.6 is 0 Å². The molecular formula is C18H32N4Pd. The van der Waals surface area contributed by atoms with Gasteiger partial charge in [-0.2, -0.15) is 0 Å². The molecule has 134 valence electrons. The molecule has 23 heavy (non-hydrogen) atoms. The molecule has 0 radical (unpaired) electrons. The van der Waals surface area contributed by atoms with E-state index in [-0.39, 0.29) is 0 Å². The maximum absolute atomic E-state index is 2.43. The molecule has 0 bridgehead atoms. The third-order valence-corrected chi connectivity index (χ3v) is 6.23. The van der Waals surface area contributed by atoms with Gasteiger partial charge in [0.05, 0.1) is 0 Å². The summed E-state index contributed by atoms with van der Waals surface area (Å²) in [6.45, 7) is 18.1. The van der Waals surface area contributed by atoms with Gasteiger partial charge in [0, 0.05) is 0 Å². The van der Waals surface area contributed by atoms with E-state index in [1.54, 1.807) is 0 Å². The molecule has 2 heterocycles. The van der Waals surface area contributed by atoms with Crippen LogP contribution in [0.4, 0.5) is 0 Å². The first kappa shape index (κ1) is 18.4. The summed E-state index contributed by atoms with van der Waals surface area (Å²) in [7, 11) is 0. The fraction of sp³-hybridized carbons (Fsp3) is 0.667. The van der Waals surface area contributed by atoms with Gasteiger partial charge in [-0.25, -0.2) is 0 Å². The third-order valence-electron chi connectivity index (χ3n) is 3.93. The van der Waals surface area contributed by atoms with Crippen molar-refractivity contribution in [2.45, 2.75) is 79.6 Å². The van der Waals surface area contributed by atoms with Crippen LogP contribution < -0.4 is 0 Å². The van der Waals surface area contributed by atoms with Crippen LogP contribution in [0.25, 0.3) is 0 Å². The first-order valence-electron chi connectivity index (χ1n) is 8.56. The van der Waals surface area contributed by atoms with Crippen molar-refractivity contribution in [3.8, 4) is 0 Å². The Morgan fingerprint density at radius 2 is 0.739 bits per heavy atom. The molecule has 0 N–H and O–H groups in total. The van der Waals surface area contributed by atoms with E-state index < -0.39 is 0 Å². The second-order valence-corrected chi connectivity index (χ2v) is 8.94. The fourth-order valence-corrected chi connectivity index (χ4v) is 5.67. The average Bonchev–Trinajstić information content (AvgIpc) is 3.02. The Morgan fingerprint density at radius 3 is 0.913 bits per heavy atom.